The zero-order valence-corrected chi connectivity index (χ0v) is 12.8. The Bertz CT molecular complexity index is 723. The summed E-state index contributed by atoms with van der Waals surface area (Å²) in [6.45, 7) is 3.63. The zero-order chi connectivity index (χ0) is 15.9. The van der Waals surface area contributed by atoms with E-state index >= 15 is 0 Å². The number of rotatable bonds is 2. The lowest BCUT2D eigenvalue weighted by atomic mass is 10.0. The number of benzene rings is 1. The van der Waals surface area contributed by atoms with Gasteiger partial charge in [-0.2, -0.15) is 0 Å². The molecule has 0 spiro atoms. The molecule has 1 aromatic heterocycles. The quantitative estimate of drug-likeness (QED) is 0.801. The van der Waals surface area contributed by atoms with Gasteiger partial charge >= 0.3 is 6.03 Å². The summed E-state index contributed by atoms with van der Waals surface area (Å²) in [4.78, 5) is 31.6. The SMILES string of the molecule is Cc1ccc(-c2cccnc2)cc1N1C(=O)C(C)N(C)C1=O. The van der Waals surface area contributed by atoms with Crippen LogP contribution in [0.5, 0.6) is 0 Å². The normalized spacial score (nSPS) is 18.2. The van der Waals surface area contributed by atoms with Gasteiger partial charge in [0.05, 0.1) is 5.69 Å². The number of anilines is 1. The summed E-state index contributed by atoms with van der Waals surface area (Å²) in [5.74, 6) is -0.195. The van der Waals surface area contributed by atoms with Crippen molar-refractivity contribution in [3.8, 4) is 11.1 Å². The zero-order valence-electron chi connectivity index (χ0n) is 12.8. The second-order valence-corrected chi connectivity index (χ2v) is 5.49. The second kappa shape index (κ2) is 5.26. The molecule has 1 aliphatic heterocycles. The molecule has 3 amide bonds. The van der Waals surface area contributed by atoms with Gasteiger partial charge in [0.25, 0.3) is 5.91 Å². The number of urea groups is 1. The molecule has 2 heterocycles. The molecular weight excluding hydrogens is 278 g/mol. The molecule has 2 aromatic rings. The monoisotopic (exact) mass is 295 g/mol. The molecular formula is C17H17N3O2. The summed E-state index contributed by atoms with van der Waals surface area (Å²) in [5.41, 5.74) is 3.39. The van der Waals surface area contributed by atoms with Crippen LogP contribution in [-0.4, -0.2) is 34.9 Å². The number of amides is 3. The fourth-order valence-corrected chi connectivity index (χ4v) is 2.56. The van der Waals surface area contributed by atoms with Crippen LogP contribution in [0.4, 0.5) is 10.5 Å². The van der Waals surface area contributed by atoms with Crippen LogP contribution >= 0.6 is 0 Å². The van der Waals surface area contributed by atoms with E-state index in [1.807, 2.05) is 37.3 Å². The highest BCUT2D eigenvalue weighted by Crippen LogP contribution is 2.31. The minimum atomic E-state index is -0.436. The van der Waals surface area contributed by atoms with E-state index in [4.69, 9.17) is 0 Å². The molecule has 1 fully saturated rings. The van der Waals surface area contributed by atoms with Gasteiger partial charge in [-0.1, -0.05) is 18.2 Å². The van der Waals surface area contributed by atoms with E-state index in [1.54, 1.807) is 26.4 Å². The fourth-order valence-electron chi connectivity index (χ4n) is 2.56. The molecule has 0 saturated carbocycles. The van der Waals surface area contributed by atoms with E-state index in [-0.39, 0.29) is 11.9 Å². The molecule has 22 heavy (non-hydrogen) atoms. The van der Waals surface area contributed by atoms with Crippen molar-refractivity contribution in [3.05, 3.63) is 48.3 Å². The largest absolute Gasteiger partial charge is 0.331 e. The summed E-state index contributed by atoms with van der Waals surface area (Å²) in [6.07, 6.45) is 3.47. The standard InChI is InChI=1S/C17H17N3O2/c1-11-6-7-13(14-5-4-8-18-10-14)9-15(11)20-16(21)12(2)19(3)17(20)22/h4-10,12H,1-3H3. The smallest absolute Gasteiger partial charge is 0.315 e. The number of hydrogen-bond acceptors (Lipinski definition) is 3. The number of hydrogen-bond donors (Lipinski definition) is 0. The van der Waals surface area contributed by atoms with Gasteiger partial charge in [0, 0.05) is 25.0 Å². The van der Waals surface area contributed by atoms with Crippen LogP contribution < -0.4 is 4.90 Å². The number of aryl methyl sites for hydroxylation is 1. The molecule has 1 aliphatic rings. The molecule has 1 saturated heterocycles. The Hall–Kier alpha value is -2.69. The number of carbonyl (C=O) groups is 2. The number of pyridine rings is 1. The van der Waals surface area contributed by atoms with E-state index in [9.17, 15) is 9.59 Å². The molecule has 0 radical (unpaired) electrons. The van der Waals surface area contributed by atoms with Crippen molar-refractivity contribution in [2.45, 2.75) is 19.9 Å². The molecule has 5 heteroatoms. The highest BCUT2D eigenvalue weighted by molar-refractivity contribution is 6.21. The first-order chi connectivity index (χ1) is 10.5. The first-order valence-corrected chi connectivity index (χ1v) is 7.12. The van der Waals surface area contributed by atoms with Crippen molar-refractivity contribution in [3.63, 3.8) is 0 Å². The third-order valence-corrected chi connectivity index (χ3v) is 4.10. The average Bonchev–Trinajstić information content (AvgIpc) is 2.73. The molecule has 0 aliphatic carbocycles. The Kier molecular flexibility index (Phi) is 3.41. The summed E-state index contributed by atoms with van der Waals surface area (Å²) >= 11 is 0. The van der Waals surface area contributed by atoms with Crippen LogP contribution in [0.3, 0.4) is 0 Å². The molecule has 112 valence electrons. The molecule has 5 nitrogen and oxygen atoms in total. The van der Waals surface area contributed by atoms with Crippen LogP contribution in [0, 0.1) is 6.92 Å². The van der Waals surface area contributed by atoms with Gasteiger partial charge < -0.3 is 4.90 Å². The van der Waals surface area contributed by atoms with Gasteiger partial charge in [-0.05, 0) is 37.1 Å². The van der Waals surface area contributed by atoms with Crippen molar-refractivity contribution in [2.24, 2.45) is 0 Å². The molecule has 0 bridgehead atoms. The molecule has 1 atom stereocenters. The third kappa shape index (κ3) is 2.15. The molecule has 3 rings (SSSR count). The van der Waals surface area contributed by atoms with Crippen molar-refractivity contribution >= 4 is 17.6 Å². The first kappa shape index (κ1) is 14.3. The first-order valence-electron chi connectivity index (χ1n) is 7.12. The van der Waals surface area contributed by atoms with Crippen LogP contribution in [0.25, 0.3) is 11.1 Å². The number of likely N-dealkylation sites (N-methyl/N-ethyl adjacent to an activating group) is 1. The van der Waals surface area contributed by atoms with E-state index in [1.165, 1.54) is 9.80 Å². The minimum absolute atomic E-state index is 0.195. The van der Waals surface area contributed by atoms with E-state index < -0.39 is 6.04 Å². The van der Waals surface area contributed by atoms with Gasteiger partial charge in [0.1, 0.15) is 6.04 Å². The van der Waals surface area contributed by atoms with Crippen molar-refractivity contribution in [1.29, 1.82) is 0 Å². The Morgan fingerprint density at radius 3 is 2.50 bits per heavy atom. The lowest BCUT2D eigenvalue weighted by molar-refractivity contribution is -0.119. The molecule has 1 unspecified atom stereocenters. The lowest BCUT2D eigenvalue weighted by Crippen LogP contribution is -2.32. The summed E-state index contributed by atoms with van der Waals surface area (Å²) in [6, 6.07) is 8.84. The highest BCUT2D eigenvalue weighted by Gasteiger charge is 2.41. The van der Waals surface area contributed by atoms with Crippen LogP contribution in [0.2, 0.25) is 0 Å². The van der Waals surface area contributed by atoms with E-state index in [0.29, 0.717) is 5.69 Å². The predicted molar refractivity (Wildman–Crippen MR) is 84.5 cm³/mol. The summed E-state index contributed by atoms with van der Waals surface area (Å²) < 4.78 is 0. The van der Waals surface area contributed by atoms with Gasteiger partial charge in [-0.15, -0.1) is 0 Å². The number of carbonyl (C=O) groups excluding carboxylic acids is 2. The number of aromatic nitrogens is 1. The Morgan fingerprint density at radius 1 is 1.14 bits per heavy atom. The summed E-state index contributed by atoms with van der Waals surface area (Å²) in [5, 5.41) is 0. The maximum Gasteiger partial charge on any atom is 0.331 e. The predicted octanol–water partition coefficient (Wildman–Crippen LogP) is 2.84. The highest BCUT2D eigenvalue weighted by atomic mass is 16.2. The molecule has 0 N–H and O–H groups in total. The fraction of sp³-hybridized carbons (Fsp3) is 0.235. The Balaban J connectivity index is 2.08. The van der Waals surface area contributed by atoms with E-state index in [0.717, 1.165) is 16.7 Å². The maximum atomic E-state index is 12.4. The second-order valence-electron chi connectivity index (χ2n) is 5.49. The average molecular weight is 295 g/mol. The van der Waals surface area contributed by atoms with Crippen LogP contribution in [0.15, 0.2) is 42.7 Å². The van der Waals surface area contributed by atoms with Crippen LogP contribution in [-0.2, 0) is 4.79 Å². The van der Waals surface area contributed by atoms with Gasteiger partial charge in [-0.3, -0.25) is 9.78 Å². The lowest BCUT2D eigenvalue weighted by Gasteiger charge is -2.17. The van der Waals surface area contributed by atoms with Crippen molar-refractivity contribution in [1.82, 2.24) is 9.88 Å². The summed E-state index contributed by atoms with van der Waals surface area (Å²) in [7, 11) is 1.64. The maximum absolute atomic E-state index is 12.4. The van der Waals surface area contributed by atoms with Gasteiger partial charge in [0.2, 0.25) is 0 Å². The third-order valence-electron chi connectivity index (χ3n) is 4.10. The van der Waals surface area contributed by atoms with Gasteiger partial charge in [-0.25, -0.2) is 9.69 Å². The topological polar surface area (TPSA) is 53.5 Å². The molecule has 1 aromatic carbocycles. The number of nitrogens with zero attached hydrogens (tertiary/aromatic N) is 3. The van der Waals surface area contributed by atoms with E-state index in [2.05, 4.69) is 4.98 Å². The Labute approximate surface area is 129 Å². The van der Waals surface area contributed by atoms with Crippen LogP contribution in [0.1, 0.15) is 12.5 Å². The van der Waals surface area contributed by atoms with Gasteiger partial charge in [0.15, 0.2) is 0 Å². The van der Waals surface area contributed by atoms with Crippen molar-refractivity contribution < 1.29 is 9.59 Å². The minimum Gasteiger partial charge on any atom is -0.315 e. The van der Waals surface area contributed by atoms with Crippen molar-refractivity contribution in [2.75, 3.05) is 11.9 Å². The Morgan fingerprint density at radius 2 is 1.91 bits per heavy atom. The number of imide groups is 1.